The van der Waals surface area contributed by atoms with Gasteiger partial charge in [0.1, 0.15) is 18.5 Å². The number of aliphatic hydroxyl groups is 1. The standard InChI is InChI=1S/C26H38O8/c27-23-14-20-21(33-23)15-22(34-25-11-5-7-13-29-25)26(20)31-17-19(32-24-10-4-6-12-28-24)16-30-18-8-2-1-3-9-18/h1-3,8-9,19-27H,4-7,10-17H2/t19?,20-,21-,22+,23?,24?,25?,26+/m1/s1. The van der Waals surface area contributed by atoms with Crippen LogP contribution in [0.15, 0.2) is 30.3 Å². The maximum atomic E-state index is 10.1. The summed E-state index contributed by atoms with van der Waals surface area (Å²) >= 11 is 0. The smallest absolute Gasteiger partial charge is 0.158 e. The van der Waals surface area contributed by atoms with Crippen molar-refractivity contribution in [2.45, 2.75) is 94.7 Å². The Kier molecular flexibility index (Phi) is 8.71. The maximum Gasteiger partial charge on any atom is 0.158 e. The number of para-hydroxylation sites is 1. The van der Waals surface area contributed by atoms with Crippen molar-refractivity contribution in [3.63, 3.8) is 0 Å². The maximum absolute atomic E-state index is 10.1. The summed E-state index contributed by atoms with van der Waals surface area (Å²) in [4.78, 5) is 0. The molecule has 0 radical (unpaired) electrons. The second-order valence-corrected chi connectivity index (χ2v) is 9.71. The second kappa shape index (κ2) is 12.1. The average molecular weight is 479 g/mol. The molecule has 3 aliphatic heterocycles. The Morgan fingerprint density at radius 1 is 0.912 bits per heavy atom. The molecule has 4 unspecified atom stereocenters. The van der Waals surface area contributed by atoms with E-state index in [9.17, 15) is 5.11 Å². The van der Waals surface area contributed by atoms with Crippen LogP contribution in [0.4, 0.5) is 0 Å². The molecule has 190 valence electrons. The monoisotopic (exact) mass is 478 g/mol. The highest BCUT2D eigenvalue weighted by atomic mass is 16.7. The van der Waals surface area contributed by atoms with E-state index in [-0.39, 0.29) is 42.9 Å². The van der Waals surface area contributed by atoms with Crippen molar-refractivity contribution in [2.75, 3.05) is 26.4 Å². The van der Waals surface area contributed by atoms with Crippen molar-refractivity contribution in [1.82, 2.24) is 0 Å². The lowest BCUT2D eigenvalue weighted by molar-refractivity contribution is -0.227. The first kappa shape index (κ1) is 24.4. The molecule has 5 rings (SSSR count). The van der Waals surface area contributed by atoms with Crippen LogP contribution in [0.1, 0.15) is 51.4 Å². The lowest BCUT2D eigenvalue weighted by Crippen LogP contribution is -2.40. The molecule has 8 heteroatoms. The third-order valence-electron chi connectivity index (χ3n) is 7.14. The highest BCUT2D eigenvalue weighted by Gasteiger charge is 2.51. The third-order valence-corrected chi connectivity index (χ3v) is 7.14. The van der Waals surface area contributed by atoms with Crippen LogP contribution in [0.5, 0.6) is 5.75 Å². The number of aliphatic hydroxyl groups excluding tert-OH is 1. The van der Waals surface area contributed by atoms with E-state index in [4.69, 9.17) is 33.2 Å². The van der Waals surface area contributed by atoms with Crippen LogP contribution in [0.25, 0.3) is 0 Å². The van der Waals surface area contributed by atoms with Crippen LogP contribution in [0, 0.1) is 5.92 Å². The molecule has 0 aromatic heterocycles. The number of hydrogen-bond acceptors (Lipinski definition) is 8. The van der Waals surface area contributed by atoms with E-state index in [1.807, 2.05) is 30.3 Å². The number of ether oxygens (including phenoxy) is 7. The van der Waals surface area contributed by atoms with E-state index in [1.165, 1.54) is 0 Å². The second-order valence-electron chi connectivity index (χ2n) is 9.71. The van der Waals surface area contributed by atoms with Crippen LogP contribution in [0.2, 0.25) is 0 Å². The lowest BCUT2D eigenvalue weighted by Gasteiger charge is -2.32. The first-order valence-corrected chi connectivity index (χ1v) is 12.9. The molecule has 3 heterocycles. The summed E-state index contributed by atoms with van der Waals surface area (Å²) < 4.78 is 42.5. The van der Waals surface area contributed by atoms with Crippen LogP contribution in [-0.4, -0.2) is 74.8 Å². The SMILES string of the molecule is OC1C[C@H]2[C@H](OCC(COc3ccccc3)OC3CCCCO3)[C@@H](OC3CCCCO3)C[C@H]2O1. The van der Waals surface area contributed by atoms with Gasteiger partial charge in [-0.15, -0.1) is 0 Å². The van der Waals surface area contributed by atoms with Gasteiger partial charge in [-0.3, -0.25) is 0 Å². The number of fused-ring (bicyclic) bond motifs is 1. The molecule has 1 aromatic rings. The zero-order valence-electron chi connectivity index (χ0n) is 19.8. The Hall–Kier alpha value is -1.26. The van der Waals surface area contributed by atoms with Crippen molar-refractivity contribution in [3.8, 4) is 5.75 Å². The molecule has 4 fully saturated rings. The largest absolute Gasteiger partial charge is 0.491 e. The summed E-state index contributed by atoms with van der Waals surface area (Å²) in [7, 11) is 0. The zero-order valence-corrected chi connectivity index (χ0v) is 19.8. The third kappa shape index (κ3) is 6.49. The summed E-state index contributed by atoms with van der Waals surface area (Å²) in [5.74, 6) is 0.884. The van der Waals surface area contributed by atoms with Gasteiger partial charge in [-0.25, -0.2) is 0 Å². The molecule has 0 amide bonds. The quantitative estimate of drug-likeness (QED) is 0.548. The molecule has 3 saturated heterocycles. The summed E-state index contributed by atoms with van der Waals surface area (Å²) in [5, 5.41) is 10.1. The topological polar surface area (TPSA) is 84.8 Å². The van der Waals surface area contributed by atoms with Gasteiger partial charge in [0.05, 0.1) is 24.9 Å². The van der Waals surface area contributed by atoms with Crippen molar-refractivity contribution in [1.29, 1.82) is 0 Å². The predicted octanol–water partition coefficient (Wildman–Crippen LogP) is 3.40. The summed E-state index contributed by atoms with van der Waals surface area (Å²) in [6.07, 6.45) is 5.53. The molecule has 34 heavy (non-hydrogen) atoms. The summed E-state index contributed by atoms with van der Waals surface area (Å²) in [6, 6.07) is 9.73. The molecular weight excluding hydrogens is 440 g/mol. The van der Waals surface area contributed by atoms with Gasteiger partial charge in [-0.1, -0.05) is 18.2 Å². The van der Waals surface area contributed by atoms with Crippen LogP contribution in [-0.2, 0) is 28.4 Å². The highest BCUT2D eigenvalue weighted by molar-refractivity contribution is 5.20. The molecule has 1 N–H and O–H groups in total. The molecule has 4 aliphatic rings. The minimum absolute atomic E-state index is 0.0600. The predicted molar refractivity (Wildman–Crippen MR) is 122 cm³/mol. The van der Waals surface area contributed by atoms with E-state index >= 15 is 0 Å². The number of rotatable bonds is 10. The molecule has 8 nitrogen and oxygen atoms in total. The van der Waals surface area contributed by atoms with Gasteiger partial charge < -0.3 is 38.3 Å². The van der Waals surface area contributed by atoms with Gasteiger partial charge in [-0.05, 0) is 50.7 Å². The molecule has 0 spiro atoms. The Morgan fingerprint density at radius 3 is 2.41 bits per heavy atom. The lowest BCUT2D eigenvalue weighted by atomic mass is 10.0. The van der Waals surface area contributed by atoms with Crippen molar-refractivity contribution in [2.24, 2.45) is 5.92 Å². The fourth-order valence-corrected chi connectivity index (χ4v) is 5.42. The molecule has 1 saturated carbocycles. The van der Waals surface area contributed by atoms with Gasteiger partial charge in [0.25, 0.3) is 0 Å². The van der Waals surface area contributed by atoms with E-state index in [0.717, 1.165) is 57.5 Å². The Bertz CT molecular complexity index is 721. The number of benzene rings is 1. The van der Waals surface area contributed by atoms with Crippen LogP contribution >= 0.6 is 0 Å². The average Bonchev–Trinajstić information content (AvgIpc) is 3.38. The normalized spacial score (nSPS) is 36.8. The van der Waals surface area contributed by atoms with Crippen LogP contribution < -0.4 is 4.74 Å². The summed E-state index contributed by atoms with van der Waals surface area (Å²) in [5.41, 5.74) is 0. The Balaban J connectivity index is 1.21. The minimum atomic E-state index is -0.739. The van der Waals surface area contributed by atoms with Gasteiger partial charge in [-0.2, -0.15) is 0 Å². The van der Waals surface area contributed by atoms with E-state index < -0.39 is 6.29 Å². The first-order valence-electron chi connectivity index (χ1n) is 12.9. The Labute approximate surface area is 201 Å². The van der Waals surface area contributed by atoms with Crippen molar-refractivity contribution in [3.05, 3.63) is 30.3 Å². The van der Waals surface area contributed by atoms with Crippen molar-refractivity contribution >= 4 is 0 Å². The van der Waals surface area contributed by atoms with Gasteiger partial charge >= 0.3 is 0 Å². The summed E-state index contributed by atoms with van der Waals surface area (Å²) in [6.45, 7) is 2.17. The Morgan fingerprint density at radius 2 is 1.68 bits per heavy atom. The fourth-order valence-electron chi connectivity index (χ4n) is 5.42. The fraction of sp³-hybridized carbons (Fsp3) is 0.769. The van der Waals surface area contributed by atoms with Gasteiger partial charge in [0, 0.05) is 32.0 Å². The molecular formula is C26H38O8. The highest BCUT2D eigenvalue weighted by Crippen LogP contribution is 2.42. The minimum Gasteiger partial charge on any atom is -0.491 e. The van der Waals surface area contributed by atoms with Crippen molar-refractivity contribution < 1.29 is 38.3 Å². The van der Waals surface area contributed by atoms with E-state index in [1.54, 1.807) is 0 Å². The first-order chi connectivity index (χ1) is 16.7. The van der Waals surface area contributed by atoms with Gasteiger partial charge in [0.2, 0.25) is 0 Å². The molecule has 8 atom stereocenters. The number of hydrogen-bond donors (Lipinski definition) is 1. The molecule has 1 aromatic carbocycles. The molecule has 0 bridgehead atoms. The molecule has 1 aliphatic carbocycles. The van der Waals surface area contributed by atoms with Gasteiger partial charge in [0.15, 0.2) is 18.9 Å². The zero-order chi connectivity index (χ0) is 23.2. The van der Waals surface area contributed by atoms with Crippen LogP contribution in [0.3, 0.4) is 0 Å². The van der Waals surface area contributed by atoms with E-state index in [0.29, 0.717) is 26.1 Å². The van der Waals surface area contributed by atoms with E-state index in [2.05, 4.69) is 0 Å².